The van der Waals surface area contributed by atoms with Gasteiger partial charge in [-0.25, -0.2) is 4.79 Å². The van der Waals surface area contributed by atoms with Crippen LogP contribution in [0.2, 0.25) is 0 Å². The van der Waals surface area contributed by atoms with Gasteiger partial charge in [0, 0.05) is 20.1 Å². The van der Waals surface area contributed by atoms with Crippen LogP contribution in [-0.2, 0) is 4.79 Å². The van der Waals surface area contributed by atoms with Gasteiger partial charge >= 0.3 is 12.0 Å². The molecule has 2 amide bonds. The molecule has 5 heteroatoms. The van der Waals surface area contributed by atoms with Crippen molar-refractivity contribution in [1.29, 1.82) is 0 Å². The minimum Gasteiger partial charge on any atom is -0.481 e. The van der Waals surface area contributed by atoms with Crippen molar-refractivity contribution in [2.24, 2.45) is 0 Å². The van der Waals surface area contributed by atoms with Crippen LogP contribution in [0.1, 0.15) is 19.8 Å². The van der Waals surface area contributed by atoms with Gasteiger partial charge in [0.15, 0.2) is 0 Å². The molecule has 0 heterocycles. The smallest absolute Gasteiger partial charge is 0.317 e. The van der Waals surface area contributed by atoms with Crippen molar-refractivity contribution in [3.8, 4) is 0 Å². The Hall–Kier alpha value is -1.26. The third kappa shape index (κ3) is 5.05. The number of amides is 2. The molecule has 0 aliphatic carbocycles. The molecule has 1 unspecified atom stereocenters. The number of carboxylic acids is 1. The van der Waals surface area contributed by atoms with Crippen molar-refractivity contribution in [2.45, 2.75) is 25.8 Å². The van der Waals surface area contributed by atoms with Crippen LogP contribution in [0, 0.1) is 0 Å². The molecular formula is C8H16N2O3. The Balaban J connectivity index is 3.97. The number of hydrogen-bond acceptors (Lipinski definition) is 2. The van der Waals surface area contributed by atoms with Crippen LogP contribution in [-0.4, -0.2) is 42.1 Å². The summed E-state index contributed by atoms with van der Waals surface area (Å²) in [5.74, 6) is -0.897. The van der Waals surface area contributed by atoms with E-state index in [2.05, 4.69) is 5.32 Å². The maximum atomic E-state index is 11.1. The van der Waals surface area contributed by atoms with E-state index in [9.17, 15) is 9.59 Å². The molecule has 0 aromatic rings. The van der Waals surface area contributed by atoms with Gasteiger partial charge in [-0.05, 0) is 6.42 Å². The normalized spacial score (nSPS) is 11.9. The Morgan fingerprint density at radius 1 is 1.46 bits per heavy atom. The van der Waals surface area contributed by atoms with E-state index in [0.29, 0.717) is 6.42 Å². The van der Waals surface area contributed by atoms with Gasteiger partial charge in [0.05, 0.1) is 6.42 Å². The van der Waals surface area contributed by atoms with Crippen molar-refractivity contribution in [2.75, 3.05) is 14.1 Å². The SMILES string of the molecule is CCC(CC(=O)O)NC(=O)N(C)C. The second-order valence-corrected chi connectivity index (χ2v) is 3.05. The first-order valence-corrected chi connectivity index (χ1v) is 4.17. The van der Waals surface area contributed by atoms with Crippen LogP contribution in [0.3, 0.4) is 0 Å². The summed E-state index contributed by atoms with van der Waals surface area (Å²) in [5, 5.41) is 11.1. The highest BCUT2D eigenvalue weighted by Crippen LogP contribution is 1.97. The fraction of sp³-hybridized carbons (Fsp3) is 0.750. The molecule has 0 saturated carbocycles. The standard InChI is InChI=1S/C8H16N2O3/c1-4-6(5-7(11)12)9-8(13)10(2)3/h6H,4-5H2,1-3H3,(H,9,13)(H,11,12). The molecule has 76 valence electrons. The first kappa shape index (κ1) is 11.7. The Morgan fingerprint density at radius 3 is 2.31 bits per heavy atom. The summed E-state index contributed by atoms with van der Waals surface area (Å²) in [6, 6.07) is -0.541. The molecule has 0 radical (unpaired) electrons. The molecule has 0 aromatic heterocycles. The van der Waals surface area contributed by atoms with E-state index in [4.69, 9.17) is 5.11 Å². The summed E-state index contributed by atoms with van der Waals surface area (Å²) in [4.78, 5) is 22.9. The Kier molecular flexibility index (Phi) is 4.87. The van der Waals surface area contributed by atoms with Crippen LogP contribution in [0.5, 0.6) is 0 Å². The average Bonchev–Trinajstić information content (AvgIpc) is 2.02. The molecule has 0 aliphatic rings. The fourth-order valence-electron chi connectivity index (χ4n) is 0.812. The zero-order valence-electron chi connectivity index (χ0n) is 8.20. The van der Waals surface area contributed by atoms with Gasteiger partial charge < -0.3 is 15.3 Å². The topological polar surface area (TPSA) is 69.6 Å². The summed E-state index contributed by atoms with van der Waals surface area (Å²) in [7, 11) is 3.23. The van der Waals surface area contributed by atoms with Crippen molar-refractivity contribution in [3.63, 3.8) is 0 Å². The Labute approximate surface area is 77.7 Å². The van der Waals surface area contributed by atoms with Gasteiger partial charge in [0.1, 0.15) is 0 Å². The van der Waals surface area contributed by atoms with Crippen molar-refractivity contribution < 1.29 is 14.7 Å². The molecule has 0 bridgehead atoms. The molecule has 0 aliphatic heterocycles. The summed E-state index contributed by atoms with van der Waals surface area (Å²) >= 11 is 0. The number of hydrogen-bond donors (Lipinski definition) is 2. The summed E-state index contributed by atoms with van der Waals surface area (Å²) in [5.41, 5.74) is 0. The molecule has 0 spiro atoms. The van der Waals surface area contributed by atoms with Crippen LogP contribution < -0.4 is 5.32 Å². The third-order valence-corrected chi connectivity index (χ3v) is 1.65. The molecule has 13 heavy (non-hydrogen) atoms. The molecule has 0 rings (SSSR count). The van der Waals surface area contributed by atoms with Crippen LogP contribution in [0.25, 0.3) is 0 Å². The lowest BCUT2D eigenvalue weighted by atomic mass is 10.1. The van der Waals surface area contributed by atoms with Crippen LogP contribution in [0.15, 0.2) is 0 Å². The van der Waals surface area contributed by atoms with Gasteiger partial charge in [-0.2, -0.15) is 0 Å². The summed E-state index contributed by atoms with van der Waals surface area (Å²) in [6.07, 6.45) is 0.585. The second kappa shape index (κ2) is 5.40. The van der Waals surface area contributed by atoms with Crippen molar-refractivity contribution in [1.82, 2.24) is 10.2 Å². The molecule has 1 atom stereocenters. The lowest BCUT2D eigenvalue weighted by Crippen LogP contribution is -2.42. The summed E-state index contributed by atoms with van der Waals surface area (Å²) in [6.45, 7) is 1.84. The number of carbonyl (C=O) groups excluding carboxylic acids is 1. The van der Waals surface area contributed by atoms with E-state index in [0.717, 1.165) is 0 Å². The number of nitrogens with zero attached hydrogens (tertiary/aromatic N) is 1. The molecule has 0 saturated heterocycles. The molecular weight excluding hydrogens is 172 g/mol. The predicted octanol–water partition coefficient (Wildman–Crippen LogP) is 0.511. The number of carbonyl (C=O) groups is 2. The monoisotopic (exact) mass is 188 g/mol. The lowest BCUT2D eigenvalue weighted by Gasteiger charge is -2.18. The van der Waals surface area contributed by atoms with Crippen molar-refractivity contribution in [3.05, 3.63) is 0 Å². The molecule has 0 aromatic carbocycles. The van der Waals surface area contributed by atoms with Gasteiger partial charge in [0.25, 0.3) is 0 Å². The first-order valence-electron chi connectivity index (χ1n) is 4.17. The molecule has 2 N–H and O–H groups in total. The van der Waals surface area contributed by atoms with E-state index in [1.165, 1.54) is 4.90 Å². The number of urea groups is 1. The number of aliphatic carboxylic acids is 1. The highest BCUT2D eigenvalue weighted by Gasteiger charge is 2.14. The van der Waals surface area contributed by atoms with Crippen LogP contribution >= 0.6 is 0 Å². The highest BCUT2D eigenvalue weighted by atomic mass is 16.4. The maximum Gasteiger partial charge on any atom is 0.317 e. The lowest BCUT2D eigenvalue weighted by molar-refractivity contribution is -0.137. The Bertz CT molecular complexity index is 192. The molecule has 0 fully saturated rings. The van der Waals surface area contributed by atoms with Gasteiger partial charge in [0.2, 0.25) is 0 Å². The largest absolute Gasteiger partial charge is 0.481 e. The van der Waals surface area contributed by atoms with Gasteiger partial charge in [-0.3, -0.25) is 4.79 Å². The third-order valence-electron chi connectivity index (χ3n) is 1.65. The highest BCUT2D eigenvalue weighted by molar-refractivity contribution is 5.75. The van der Waals surface area contributed by atoms with Gasteiger partial charge in [-0.15, -0.1) is 0 Å². The molecule has 5 nitrogen and oxygen atoms in total. The number of nitrogens with one attached hydrogen (secondary N) is 1. The van der Waals surface area contributed by atoms with E-state index in [1.54, 1.807) is 14.1 Å². The average molecular weight is 188 g/mol. The van der Waals surface area contributed by atoms with Crippen molar-refractivity contribution >= 4 is 12.0 Å². The summed E-state index contributed by atoms with van der Waals surface area (Å²) < 4.78 is 0. The Morgan fingerprint density at radius 2 is 2.00 bits per heavy atom. The quantitative estimate of drug-likeness (QED) is 0.675. The minimum atomic E-state index is -0.897. The van der Waals surface area contributed by atoms with E-state index in [1.807, 2.05) is 6.92 Å². The van der Waals surface area contributed by atoms with Crippen LogP contribution in [0.4, 0.5) is 4.79 Å². The predicted molar refractivity (Wildman–Crippen MR) is 48.6 cm³/mol. The van der Waals surface area contributed by atoms with E-state index >= 15 is 0 Å². The minimum absolute atomic E-state index is 0.0317. The van der Waals surface area contributed by atoms with Gasteiger partial charge in [-0.1, -0.05) is 6.92 Å². The van der Waals surface area contributed by atoms with E-state index in [-0.39, 0.29) is 18.5 Å². The zero-order chi connectivity index (χ0) is 10.4. The van der Waals surface area contributed by atoms with E-state index < -0.39 is 5.97 Å². The zero-order valence-corrected chi connectivity index (χ0v) is 8.20. The first-order chi connectivity index (χ1) is 5.97. The number of carboxylic acid groups (broad SMARTS) is 1. The fourth-order valence-corrected chi connectivity index (χ4v) is 0.812. The number of rotatable bonds is 4. The maximum absolute atomic E-state index is 11.1. The second-order valence-electron chi connectivity index (χ2n) is 3.05.